The van der Waals surface area contributed by atoms with Crippen LogP contribution in [0.25, 0.3) is 0 Å². The van der Waals surface area contributed by atoms with Gasteiger partial charge in [-0.15, -0.1) is 0 Å². The maximum atomic E-state index is 6.57. The summed E-state index contributed by atoms with van der Waals surface area (Å²) in [4.78, 5) is 13.6. The third kappa shape index (κ3) is 5.66. The number of nitrogens with zero attached hydrogens (tertiary/aromatic N) is 4. The third-order valence-electron chi connectivity index (χ3n) is 7.01. The van der Waals surface area contributed by atoms with Gasteiger partial charge in [-0.2, -0.15) is 0 Å². The molecule has 4 heterocycles. The number of pyridine rings is 2. The summed E-state index contributed by atoms with van der Waals surface area (Å²) in [5.74, 6) is 0.605. The van der Waals surface area contributed by atoms with Gasteiger partial charge in [0.2, 0.25) is 0 Å². The van der Waals surface area contributed by atoms with Crippen molar-refractivity contribution < 1.29 is 4.74 Å². The number of piperidine rings is 1. The van der Waals surface area contributed by atoms with Gasteiger partial charge in [0.05, 0.1) is 12.2 Å². The minimum Gasteiger partial charge on any atom is -0.384 e. The largest absolute Gasteiger partial charge is 0.384 e. The van der Waals surface area contributed by atoms with Gasteiger partial charge >= 0.3 is 0 Å². The van der Waals surface area contributed by atoms with Crippen LogP contribution in [0.5, 0.6) is 0 Å². The lowest BCUT2D eigenvalue weighted by molar-refractivity contribution is -0.0399. The van der Waals surface area contributed by atoms with Crippen molar-refractivity contribution >= 4 is 5.82 Å². The topological polar surface area (TPSA) is 67.5 Å². The number of hydrogen-bond acceptors (Lipinski definition) is 6. The van der Waals surface area contributed by atoms with Gasteiger partial charge in [-0.05, 0) is 73.4 Å². The van der Waals surface area contributed by atoms with E-state index in [1.165, 1.54) is 36.0 Å². The van der Waals surface area contributed by atoms with Crippen LogP contribution in [0, 0.1) is 0 Å². The first-order valence-corrected chi connectivity index (χ1v) is 12.5. The summed E-state index contributed by atoms with van der Waals surface area (Å²) in [6.45, 7) is 9.35. The molecule has 1 aliphatic carbocycles. The lowest BCUT2D eigenvalue weighted by Crippen LogP contribution is -2.38. The molecule has 2 saturated heterocycles. The summed E-state index contributed by atoms with van der Waals surface area (Å²) < 4.78 is 6.57. The monoisotopic (exact) mass is 437 g/mol. The Bertz CT molecular complexity index is 852. The van der Waals surface area contributed by atoms with Gasteiger partial charge in [-0.1, -0.05) is 13.8 Å². The number of ether oxygens (including phenoxy) is 1. The zero-order valence-electron chi connectivity index (χ0n) is 19.7. The van der Waals surface area contributed by atoms with Gasteiger partial charge in [-0.3, -0.25) is 14.8 Å². The number of aryl methyl sites for hydroxylation is 1. The zero-order valence-corrected chi connectivity index (χ0v) is 19.7. The summed E-state index contributed by atoms with van der Waals surface area (Å²) in [6.07, 6.45) is 13.7. The normalized spacial score (nSPS) is 24.6. The fraction of sp³-hybridized carbons (Fsp3) is 0.615. The standard InChI is InChI=1S/C24H33N5O.C2H6/c25-24-14-18(4-10-27-24)16-28-11-6-20(7-12-28)30-21-8-13-29(17-21)23-3-1-2-19-15-26-9-5-22(19)23;1-2/h4-5,9-10,14-15,20-21,23H,1-3,6-8,11-13,16-17H2,(H2,25,27);1-2H3. The van der Waals surface area contributed by atoms with Crippen molar-refractivity contribution in [3.63, 3.8) is 0 Å². The van der Waals surface area contributed by atoms with Gasteiger partial charge < -0.3 is 10.5 Å². The van der Waals surface area contributed by atoms with Gasteiger partial charge in [0, 0.05) is 57.4 Å². The van der Waals surface area contributed by atoms with E-state index in [1.807, 2.05) is 26.1 Å². The Morgan fingerprint density at radius 1 is 1.03 bits per heavy atom. The van der Waals surface area contributed by atoms with E-state index in [2.05, 4.69) is 38.1 Å². The van der Waals surface area contributed by atoms with Gasteiger partial charge in [0.15, 0.2) is 0 Å². The Kier molecular flexibility index (Phi) is 8.11. The molecular formula is C26H39N5O. The van der Waals surface area contributed by atoms with Crippen LogP contribution in [0.4, 0.5) is 5.82 Å². The first-order chi connectivity index (χ1) is 15.7. The Labute approximate surface area is 193 Å². The van der Waals surface area contributed by atoms with Gasteiger partial charge in [0.25, 0.3) is 0 Å². The second-order valence-corrected chi connectivity index (χ2v) is 9.09. The van der Waals surface area contributed by atoms with Crippen LogP contribution in [-0.2, 0) is 17.7 Å². The molecule has 2 aromatic heterocycles. The Morgan fingerprint density at radius 3 is 2.66 bits per heavy atom. The van der Waals surface area contributed by atoms with E-state index in [0.717, 1.165) is 52.0 Å². The van der Waals surface area contributed by atoms with E-state index in [1.54, 1.807) is 6.20 Å². The highest BCUT2D eigenvalue weighted by Crippen LogP contribution is 2.36. The van der Waals surface area contributed by atoms with Crippen molar-refractivity contribution in [1.82, 2.24) is 19.8 Å². The smallest absolute Gasteiger partial charge is 0.123 e. The van der Waals surface area contributed by atoms with E-state index in [4.69, 9.17) is 10.5 Å². The molecule has 2 aromatic rings. The number of hydrogen-bond donors (Lipinski definition) is 1. The van der Waals surface area contributed by atoms with Crippen molar-refractivity contribution in [2.75, 3.05) is 31.9 Å². The number of rotatable bonds is 5. The van der Waals surface area contributed by atoms with Crippen LogP contribution in [-0.4, -0.2) is 58.2 Å². The van der Waals surface area contributed by atoms with E-state index < -0.39 is 0 Å². The molecular weight excluding hydrogens is 398 g/mol. The highest BCUT2D eigenvalue weighted by atomic mass is 16.5. The van der Waals surface area contributed by atoms with Gasteiger partial charge in [-0.25, -0.2) is 4.98 Å². The molecule has 0 aromatic carbocycles. The second kappa shape index (κ2) is 11.2. The lowest BCUT2D eigenvalue weighted by atomic mass is 9.88. The molecule has 0 bridgehead atoms. The summed E-state index contributed by atoms with van der Waals surface area (Å²) >= 11 is 0. The molecule has 6 nitrogen and oxygen atoms in total. The Hall–Kier alpha value is -2.02. The number of fused-ring (bicyclic) bond motifs is 1. The number of nitrogen functional groups attached to an aromatic ring is 1. The molecule has 0 saturated carbocycles. The van der Waals surface area contributed by atoms with Crippen LogP contribution in [0.15, 0.2) is 36.8 Å². The maximum absolute atomic E-state index is 6.57. The zero-order chi connectivity index (χ0) is 22.3. The molecule has 2 N–H and O–H groups in total. The summed E-state index contributed by atoms with van der Waals surface area (Å²) in [6, 6.07) is 6.83. The quantitative estimate of drug-likeness (QED) is 0.755. The first kappa shape index (κ1) is 23.1. The van der Waals surface area contributed by atoms with E-state index in [9.17, 15) is 0 Å². The molecule has 32 heavy (non-hydrogen) atoms. The molecule has 6 heteroatoms. The predicted molar refractivity (Wildman–Crippen MR) is 129 cm³/mol. The van der Waals surface area contributed by atoms with Crippen molar-refractivity contribution in [3.8, 4) is 0 Å². The third-order valence-corrected chi connectivity index (χ3v) is 7.01. The van der Waals surface area contributed by atoms with Crippen molar-refractivity contribution in [3.05, 3.63) is 53.5 Å². The second-order valence-electron chi connectivity index (χ2n) is 9.09. The van der Waals surface area contributed by atoms with Crippen molar-refractivity contribution in [1.29, 1.82) is 0 Å². The maximum Gasteiger partial charge on any atom is 0.123 e. The number of likely N-dealkylation sites (tertiary alicyclic amines) is 2. The molecule has 174 valence electrons. The lowest BCUT2D eigenvalue weighted by Gasteiger charge is -2.34. The first-order valence-electron chi connectivity index (χ1n) is 12.5. The predicted octanol–water partition coefficient (Wildman–Crippen LogP) is 4.22. The van der Waals surface area contributed by atoms with E-state index in [0.29, 0.717) is 24.1 Å². The number of nitrogens with two attached hydrogens (primary N) is 1. The highest BCUT2D eigenvalue weighted by molar-refractivity contribution is 5.32. The van der Waals surface area contributed by atoms with Crippen LogP contribution in [0.1, 0.15) is 68.7 Å². The minimum atomic E-state index is 0.383. The average molecular weight is 438 g/mol. The molecule has 3 aliphatic rings. The summed E-state index contributed by atoms with van der Waals surface area (Å²) in [5, 5.41) is 0. The summed E-state index contributed by atoms with van der Waals surface area (Å²) in [7, 11) is 0. The van der Waals surface area contributed by atoms with Crippen LogP contribution >= 0.6 is 0 Å². The fourth-order valence-corrected chi connectivity index (χ4v) is 5.47. The van der Waals surface area contributed by atoms with E-state index in [-0.39, 0.29) is 0 Å². The number of anilines is 1. The average Bonchev–Trinajstić information content (AvgIpc) is 3.29. The molecule has 2 atom stereocenters. The van der Waals surface area contributed by atoms with Gasteiger partial charge in [0.1, 0.15) is 5.82 Å². The van der Waals surface area contributed by atoms with Crippen molar-refractivity contribution in [2.45, 2.75) is 77.2 Å². The Balaban J connectivity index is 0.00000119. The highest BCUT2D eigenvalue weighted by Gasteiger charge is 2.33. The van der Waals surface area contributed by atoms with Crippen LogP contribution in [0.2, 0.25) is 0 Å². The Morgan fingerprint density at radius 2 is 1.84 bits per heavy atom. The van der Waals surface area contributed by atoms with Crippen molar-refractivity contribution in [2.24, 2.45) is 0 Å². The fourth-order valence-electron chi connectivity index (χ4n) is 5.47. The molecule has 2 fully saturated rings. The van der Waals surface area contributed by atoms with E-state index >= 15 is 0 Å². The van der Waals surface area contributed by atoms with Crippen LogP contribution in [0.3, 0.4) is 0 Å². The molecule has 2 aliphatic heterocycles. The summed E-state index contributed by atoms with van der Waals surface area (Å²) in [5.41, 5.74) is 10.0. The number of aromatic nitrogens is 2. The molecule has 0 radical (unpaired) electrons. The molecule has 5 rings (SSSR count). The molecule has 2 unspecified atom stereocenters. The van der Waals surface area contributed by atoms with Crippen LogP contribution < -0.4 is 5.73 Å². The molecule has 0 amide bonds. The minimum absolute atomic E-state index is 0.383. The SMILES string of the molecule is CC.Nc1cc(CN2CCC(OC3CCN(C4CCCc5cnccc54)C3)CC2)ccn1. The molecule has 0 spiro atoms.